The Morgan fingerprint density at radius 3 is 2.33 bits per heavy atom. The molecule has 0 aliphatic rings. The Kier molecular flexibility index (Phi) is 4.15. The van der Waals surface area contributed by atoms with E-state index in [0.717, 1.165) is 11.3 Å². The van der Waals surface area contributed by atoms with Gasteiger partial charge < -0.3 is 0 Å². The first kappa shape index (κ1) is 14.4. The Hall–Kier alpha value is -1.55. The lowest BCUT2D eigenvalue weighted by molar-refractivity contribution is 0.847. The fourth-order valence-electron chi connectivity index (χ4n) is 1.95. The van der Waals surface area contributed by atoms with Crippen LogP contribution in [0.3, 0.4) is 0 Å². The quantitative estimate of drug-likeness (QED) is 0.685. The summed E-state index contributed by atoms with van der Waals surface area (Å²) in [5.41, 5.74) is 1.84. The van der Waals surface area contributed by atoms with Gasteiger partial charge in [0.25, 0.3) is 0 Å². The van der Waals surface area contributed by atoms with Crippen LogP contribution in [0, 0.1) is 0 Å². The summed E-state index contributed by atoms with van der Waals surface area (Å²) in [6, 6.07) is 12.9. The predicted octanol–water partition coefficient (Wildman–Crippen LogP) is 4.82. The number of hydrogen-bond donors (Lipinski definition) is 0. The molecule has 0 spiro atoms. The molecular weight excluding hydrogens is 329 g/mol. The van der Waals surface area contributed by atoms with Gasteiger partial charge in [-0.2, -0.15) is 5.10 Å². The molecule has 1 heterocycles. The van der Waals surface area contributed by atoms with Gasteiger partial charge in [-0.25, -0.2) is 9.67 Å². The molecule has 2 aromatic carbocycles. The molecule has 0 unspecified atom stereocenters. The zero-order valence-electron chi connectivity index (χ0n) is 10.8. The minimum atomic E-state index is 0.533. The van der Waals surface area contributed by atoms with Gasteiger partial charge in [-0.3, -0.25) is 0 Å². The average Bonchev–Trinajstić information content (AvgIpc) is 2.90. The molecule has 0 aliphatic carbocycles. The van der Waals surface area contributed by atoms with Gasteiger partial charge in [0.15, 0.2) is 5.82 Å². The van der Waals surface area contributed by atoms with E-state index in [-0.39, 0.29) is 0 Å². The summed E-state index contributed by atoms with van der Waals surface area (Å²) in [5, 5.41) is 6.27. The van der Waals surface area contributed by atoms with Crippen molar-refractivity contribution in [2.24, 2.45) is 0 Å². The number of nitrogens with zero attached hydrogens (tertiary/aromatic N) is 3. The smallest absolute Gasteiger partial charge is 0.155 e. The molecular formula is C15H10Cl3N3. The van der Waals surface area contributed by atoms with Crippen molar-refractivity contribution in [3.8, 4) is 5.69 Å². The monoisotopic (exact) mass is 337 g/mol. The molecule has 0 atom stereocenters. The Balaban J connectivity index is 1.84. The van der Waals surface area contributed by atoms with E-state index in [4.69, 9.17) is 34.8 Å². The normalized spacial score (nSPS) is 10.8. The summed E-state index contributed by atoms with van der Waals surface area (Å²) in [6.07, 6.45) is 2.27. The molecule has 0 amide bonds. The van der Waals surface area contributed by atoms with E-state index in [0.29, 0.717) is 27.3 Å². The van der Waals surface area contributed by atoms with E-state index >= 15 is 0 Å². The average molecular weight is 339 g/mol. The van der Waals surface area contributed by atoms with Crippen molar-refractivity contribution >= 4 is 34.8 Å². The third-order valence-electron chi connectivity index (χ3n) is 2.97. The van der Waals surface area contributed by atoms with Crippen molar-refractivity contribution in [1.29, 1.82) is 0 Å². The summed E-state index contributed by atoms with van der Waals surface area (Å²) >= 11 is 17.9. The number of rotatable bonds is 3. The number of hydrogen-bond acceptors (Lipinski definition) is 2. The van der Waals surface area contributed by atoms with E-state index in [1.807, 2.05) is 30.3 Å². The number of benzene rings is 2. The highest BCUT2D eigenvalue weighted by Gasteiger charge is 2.08. The minimum Gasteiger partial charge on any atom is -0.219 e. The van der Waals surface area contributed by atoms with Gasteiger partial charge in [0.1, 0.15) is 6.33 Å². The van der Waals surface area contributed by atoms with Crippen LogP contribution in [-0.2, 0) is 6.42 Å². The summed E-state index contributed by atoms with van der Waals surface area (Å²) in [6.45, 7) is 0. The first-order valence-electron chi connectivity index (χ1n) is 6.22. The Morgan fingerprint density at radius 1 is 0.905 bits per heavy atom. The van der Waals surface area contributed by atoms with Gasteiger partial charge in [-0.1, -0.05) is 46.9 Å². The van der Waals surface area contributed by atoms with Crippen LogP contribution >= 0.6 is 34.8 Å². The van der Waals surface area contributed by atoms with Crippen LogP contribution in [0.25, 0.3) is 5.69 Å². The van der Waals surface area contributed by atoms with Gasteiger partial charge in [0.05, 0.1) is 10.7 Å². The maximum absolute atomic E-state index is 6.16. The molecule has 0 bridgehead atoms. The maximum Gasteiger partial charge on any atom is 0.155 e. The van der Waals surface area contributed by atoms with Crippen molar-refractivity contribution in [2.75, 3.05) is 0 Å². The van der Waals surface area contributed by atoms with E-state index in [1.54, 1.807) is 23.1 Å². The molecule has 3 aromatic rings. The predicted molar refractivity (Wildman–Crippen MR) is 85.6 cm³/mol. The lowest BCUT2D eigenvalue weighted by Gasteiger charge is -2.03. The van der Waals surface area contributed by atoms with Crippen LogP contribution in [-0.4, -0.2) is 14.8 Å². The van der Waals surface area contributed by atoms with Crippen molar-refractivity contribution in [3.63, 3.8) is 0 Å². The molecule has 3 nitrogen and oxygen atoms in total. The number of aromatic nitrogens is 3. The first-order chi connectivity index (χ1) is 10.1. The Morgan fingerprint density at radius 2 is 1.62 bits per heavy atom. The Labute approximate surface area is 137 Å². The molecule has 21 heavy (non-hydrogen) atoms. The second-order valence-electron chi connectivity index (χ2n) is 4.50. The van der Waals surface area contributed by atoms with Crippen LogP contribution in [0.15, 0.2) is 48.8 Å². The third-order valence-corrected chi connectivity index (χ3v) is 3.76. The topological polar surface area (TPSA) is 30.7 Å². The zero-order valence-corrected chi connectivity index (χ0v) is 13.1. The van der Waals surface area contributed by atoms with Gasteiger partial charge in [0, 0.05) is 16.5 Å². The molecule has 0 radical (unpaired) electrons. The van der Waals surface area contributed by atoms with E-state index < -0.39 is 0 Å². The molecule has 0 N–H and O–H groups in total. The van der Waals surface area contributed by atoms with Crippen molar-refractivity contribution < 1.29 is 0 Å². The standard InChI is InChI=1S/C15H10Cl3N3/c16-11-3-1-10(2-4-11)7-15-19-9-21(20-15)14-6-5-12(17)8-13(14)18/h1-6,8-9H,7H2. The fraction of sp³-hybridized carbons (Fsp3) is 0.0667. The fourth-order valence-corrected chi connectivity index (χ4v) is 2.57. The van der Waals surface area contributed by atoms with Crippen molar-refractivity contribution in [3.05, 3.63) is 75.2 Å². The van der Waals surface area contributed by atoms with E-state index in [2.05, 4.69) is 10.1 Å². The van der Waals surface area contributed by atoms with Crippen molar-refractivity contribution in [1.82, 2.24) is 14.8 Å². The molecule has 0 fully saturated rings. The highest BCUT2D eigenvalue weighted by molar-refractivity contribution is 6.35. The van der Waals surface area contributed by atoms with E-state index in [9.17, 15) is 0 Å². The maximum atomic E-state index is 6.16. The first-order valence-corrected chi connectivity index (χ1v) is 7.35. The largest absolute Gasteiger partial charge is 0.219 e. The van der Waals surface area contributed by atoms with Crippen LogP contribution in [0.4, 0.5) is 0 Å². The highest BCUT2D eigenvalue weighted by Crippen LogP contribution is 2.23. The molecule has 1 aromatic heterocycles. The van der Waals surface area contributed by atoms with Gasteiger partial charge >= 0.3 is 0 Å². The zero-order chi connectivity index (χ0) is 14.8. The molecule has 0 saturated heterocycles. The van der Waals surface area contributed by atoms with Gasteiger partial charge in [0.2, 0.25) is 0 Å². The minimum absolute atomic E-state index is 0.533. The van der Waals surface area contributed by atoms with Gasteiger partial charge in [-0.05, 0) is 35.9 Å². The van der Waals surface area contributed by atoms with Crippen LogP contribution in [0.2, 0.25) is 15.1 Å². The second-order valence-corrected chi connectivity index (χ2v) is 5.78. The van der Waals surface area contributed by atoms with Crippen LogP contribution in [0.1, 0.15) is 11.4 Å². The number of halogens is 3. The third kappa shape index (κ3) is 3.38. The van der Waals surface area contributed by atoms with Gasteiger partial charge in [-0.15, -0.1) is 0 Å². The molecule has 6 heteroatoms. The summed E-state index contributed by atoms with van der Waals surface area (Å²) in [4.78, 5) is 4.30. The van der Waals surface area contributed by atoms with Crippen LogP contribution < -0.4 is 0 Å². The highest BCUT2D eigenvalue weighted by atomic mass is 35.5. The lowest BCUT2D eigenvalue weighted by atomic mass is 10.1. The lowest BCUT2D eigenvalue weighted by Crippen LogP contribution is -1.98. The Bertz CT molecular complexity index is 766. The van der Waals surface area contributed by atoms with Crippen LogP contribution in [0.5, 0.6) is 0 Å². The molecule has 106 valence electrons. The van der Waals surface area contributed by atoms with E-state index in [1.165, 1.54) is 0 Å². The molecule has 0 saturated carbocycles. The molecule has 0 aliphatic heterocycles. The molecule has 3 rings (SSSR count). The second kappa shape index (κ2) is 6.06. The summed E-state index contributed by atoms with van der Waals surface area (Å²) < 4.78 is 1.64. The SMILES string of the molecule is Clc1ccc(Cc2ncn(-c3ccc(Cl)cc3Cl)n2)cc1. The van der Waals surface area contributed by atoms with Crippen molar-refractivity contribution in [2.45, 2.75) is 6.42 Å². The summed E-state index contributed by atoms with van der Waals surface area (Å²) in [7, 11) is 0. The summed E-state index contributed by atoms with van der Waals surface area (Å²) in [5.74, 6) is 0.711.